The molecule has 6 nitrogen and oxygen atoms in total. The molecule has 26 heavy (non-hydrogen) atoms. The van der Waals surface area contributed by atoms with E-state index in [0.29, 0.717) is 0 Å². The van der Waals surface area contributed by atoms with Gasteiger partial charge in [-0.3, -0.25) is 9.20 Å². The van der Waals surface area contributed by atoms with Gasteiger partial charge in [-0.1, -0.05) is 18.2 Å². The van der Waals surface area contributed by atoms with Crippen molar-refractivity contribution in [2.45, 2.75) is 25.7 Å². The Morgan fingerprint density at radius 2 is 2.12 bits per heavy atom. The number of thiazole rings is 1. The van der Waals surface area contributed by atoms with Crippen molar-refractivity contribution in [3.63, 3.8) is 0 Å². The van der Waals surface area contributed by atoms with Crippen LogP contribution >= 0.6 is 11.3 Å². The zero-order valence-electron chi connectivity index (χ0n) is 14.1. The van der Waals surface area contributed by atoms with Gasteiger partial charge < -0.3 is 5.32 Å². The highest BCUT2D eigenvalue weighted by Crippen LogP contribution is 2.31. The van der Waals surface area contributed by atoms with Crippen LogP contribution in [0.2, 0.25) is 0 Å². The number of benzene rings is 1. The Balaban J connectivity index is 1.44. The summed E-state index contributed by atoms with van der Waals surface area (Å²) in [4.78, 5) is 18.1. The second-order valence-electron chi connectivity index (χ2n) is 6.42. The topological polar surface area (TPSA) is 64.2 Å². The van der Waals surface area contributed by atoms with E-state index in [1.165, 1.54) is 0 Å². The van der Waals surface area contributed by atoms with Crippen molar-refractivity contribution in [3.05, 3.63) is 65.1 Å². The second kappa shape index (κ2) is 6.10. The normalized spacial score (nSPS) is 13.2. The van der Waals surface area contributed by atoms with E-state index in [1.54, 1.807) is 11.3 Å². The maximum Gasteiger partial charge on any atom is 0.231 e. The molecule has 0 saturated heterocycles. The number of carbonyl (C=O) groups excluding carboxylic acids is 1. The molecule has 5 rings (SSSR count). The molecule has 1 N–H and O–H groups in total. The van der Waals surface area contributed by atoms with Crippen LogP contribution in [-0.4, -0.2) is 25.1 Å². The van der Waals surface area contributed by atoms with Crippen molar-refractivity contribution in [2.75, 3.05) is 5.32 Å². The molecule has 1 aliphatic rings. The van der Waals surface area contributed by atoms with Crippen molar-refractivity contribution < 1.29 is 4.79 Å². The number of fused-ring (bicyclic) bond motifs is 2. The lowest BCUT2D eigenvalue weighted by molar-refractivity contribution is -0.115. The number of hydrogen-bond donors (Lipinski definition) is 1. The van der Waals surface area contributed by atoms with Crippen LogP contribution in [0, 0.1) is 0 Å². The molecule has 3 heterocycles. The van der Waals surface area contributed by atoms with E-state index < -0.39 is 0 Å². The van der Waals surface area contributed by atoms with Gasteiger partial charge in [0.2, 0.25) is 5.91 Å². The fourth-order valence-corrected chi connectivity index (χ4v) is 4.20. The maximum atomic E-state index is 12.7. The lowest BCUT2D eigenvalue weighted by atomic mass is 10.2. The number of aryl methyl sites for hydroxylation is 1. The molecule has 7 heteroatoms. The van der Waals surface area contributed by atoms with Crippen LogP contribution in [0.1, 0.15) is 23.4 Å². The van der Waals surface area contributed by atoms with E-state index in [9.17, 15) is 4.79 Å². The molecule has 0 spiro atoms. The molecular formula is C19H17N5OS. The Labute approximate surface area is 154 Å². The first-order valence-electron chi connectivity index (χ1n) is 8.65. The molecular weight excluding hydrogens is 346 g/mol. The van der Waals surface area contributed by atoms with Gasteiger partial charge in [-0.2, -0.15) is 5.10 Å². The van der Waals surface area contributed by atoms with Crippen LogP contribution in [0.15, 0.2) is 48.1 Å². The van der Waals surface area contributed by atoms with Gasteiger partial charge in [-0.25, -0.2) is 9.67 Å². The molecule has 130 valence electrons. The van der Waals surface area contributed by atoms with Crippen LogP contribution in [0.25, 0.3) is 10.6 Å². The third kappa shape index (κ3) is 2.61. The molecule has 1 aliphatic carbocycles. The molecule has 0 atom stereocenters. The Bertz CT molecular complexity index is 1060. The highest BCUT2D eigenvalue weighted by atomic mass is 32.1. The Morgan fingerprint density at radius 3 is 2.96 bits per heavy atom. The average Bonchev–Trinajstić information content (AvgIpc) is 3.37. The number of aromatic nitrogens is 4. The number of hydrogen-bond acceptors (Lipinski definition) is 4. The van der Waals surface area contributed by atoms with E-state index in [1.807, 2.05) is 57.2 Å². The lowest BCUT2D eigenvalue weighted by Gasteiger charge is -2.10. The van der Waals surface area contributed by atoms with Gasteiger partial charge in [0.05, 0.1) is 23.5 Å². The first-order valence-corrected chi connectivity index (χ1v) is 9.53. The number of nitrogens with zero attached hydrogens (tertiary/aromatic N) is 4. The third-order valence-electron chi connectivity index (χ3n) is 4.65. The average molecular weight is 363 g/mol. The van der Waals surface area contributed by atoms with Crippen molar-refractivity contribution in [1.29, 1.82) is 0 Å². The second-order valence-corrected chi connectivity index (χ2v) is 7.30. The SMILES string of the molecule is O=C(Cc1cn2ccsc2n1)Nc1c2c(nn1-c1ccccc1)CCC2. The molecule has 1 amide bonds. The first kappa shape index (κ1) is 15.3. The molecule has 3 aromatic heterocycles. The minimum absolute atomic E-state index is 0.0671. The Hall–Kier alpha value is -2.93. The maximum absolute atomic E-state index is 12.7. The smallest absolute Gasteiger partial charge is 0.231 e. The first-order chi connectivity index (χ1) is 12.8. The zero-order valence-corrected chi connectivity index (χ0v) is 14.9. The van der Waals surface area contributed by atoms with E-state index >= 15 is 0 Å². The van der Waals surface area contributed by atoms with Crippen molar-refractivity contribution >= 4 is 28.0 Å². The summed E-state index contributed by atoms with van der Waals surface area (Å²) >= 11 is 1.56. The third-order valence-corrected chi connectivity index (χ3v) is 5.42. The van der Waals surface area contributed by atoms with Gasteiger partial charge in [-0.05, 0) is 31.4 Å². The minimum atomic E-state index is -0.0671. The summed E-state index contributed by atoms with van der Waals surface area (Å²) in [7, 11) is 0. The summed E-state index contributed by atoms with van der Waals surface area (Å²) < 4.78 is 3.80. The Kier molecular flexibility index (Phi) is 3.60. The molecule has 4 aromatic rings. The molecule has 0 bridgehead atoms. The summed E-state index contributed by atoms with van der Waals surface area (Å²) in [6.45, 7) is 0. The Morgan fingerprint density at radius 1 is 1.23 bits per heavy atom. The monoisotopic (exact) mass is 363 g/mol. The van der Waals surface area contributed by atoms with Crippen molar-refractivity contribution in [2.24, 2.45) is 0 Å². The van der Waals surface area contributed by atoms with Gasteiger partial charge in [-0.15, -0.1) is 11.3 Å². The van der Waals surface area contributed by atoms with Gasteiger partial charge in [0.25, 0.3) is 0 Å². The van der Waals surface area contributed by atoms with Crippen LogP contribution in [0.5, 0.6) is 0 Å². The largest absolute Gasteiger partial charge is 0.310 e. The molecule has 0 aliphatic heterocycles. The van der Waals surface area contributed by atoms with Crippen molar-refractivity contribution in [1.82, 2.24) is 19.2 Å². The molecule has 1 aromatic carbocycles. The highest BCUT2D eigenvalue weighted by Gasteiger charge is 2.24. The summed E-state index contributed by atoms with van der Waals surface area (Å²) in [6, 6.07) is 9.93. The molecule has 0 radical (unpaired) electrons. The number of imidazole rings is 1. The van der Waals surface area contributed by atoms with Crippen LogP contribution in [0.3, 0.4) is 0 Å². The fourth-order valence-electron chi connectivity index (χ4n) is 3.48. The lowest BCUT2D eigenvalue weighted by Crippen LogP contribution is -2.18. The van der Waals surface area contributed by atoms with Gasteiger partial charge in [0.1, 0.15) is 5.82 Å². The predicted molar refractivity (Wildman–Crippen MR) is 101 cm³/mol. The quantitative estimate of drug-likeness (QED) is 0.605. The van der Waals surface area contributed by atoms with E-state index in [0.717, 1.165) is 52.7 Å². The molecule has 0 unspecified atom stereocenters. The number of para-hydroxylation sites is 1. The summed E-state index contributed by atoms with van der Waals surface area (Å²) in [6.07, 6.45) is 7.13. The molecule has 0 fully saturated rings. The van der Waals surface area contributed by atoms with E-state index in [4.69, 9.17) is 5.10 Å². The number of rotatable bonds is 4. The number of carbonyl (C=O) groups is 1. The number of nitrogens with one attached hydrogen (secondary N) is 1. The van der Waals surface area contributed by atoms with Crippen LogP contribution < -0.4 is 5.32 Å². The summed E-state index contributed by atoms with van der Waals surface area (Å²) in [5.74, 6) is 0.734. The standard InChI is InChI=1S/C19H17N5OS/c25-17(11-13-12-23-9-10-26-19(23)20-13)21-18-15-7-4-8-16(15)22-24(18)14-5-2-1-3-6-14/h1-3,5-6,9-10,12H,4,7-8,11H2,(H,21,25). The zero-order chi connectivity index (χ0) is 17.5. The van der Waals surface area contributed by atoms with Crippen molar-refractivity contribution in [3.8, 4) is 5.69 Å². The minimum Gasteiger partial charge on any atom is -0.310 e. The number of anilines is 1. The van der Waals surface area contributed by atoms with Gasteiger partial charge in [0.15, 0.2) is 4.96 Å². The van der Waals surface area contributed by atoms with E-state index in [-0.39, 0.29) is 12.3 Å². The number of amides is 1. The highest BCUT2D eigenvalue weighted by molar-refractivity contribution is 7.15. The van der Waals surface area contributed by atoms with Crippen LogP contribution in [-0.2, 0) is 24.1 Å². The van der Waals surface area contributed by atoms with E-state index in [2.05, 4.69) is 10.3 Å². The summed E-state index contributed by atoms with van der Waals surface area (Å²) in [5, 5.41) is 9.80. The van der Waals surface area contributed by atoms with Gasteiger partial charge in [0, 0.05) is 23.3 Å². The summed E-state index contributed by atoms with van der Waals surface area (Å²) in [5.41, 5.74) is 3.98. The molecule has 0 saturated carbocycles. The van der Waals surface area contributed by atoms with Gasteiger partial charge >= 0.3 is 0 Å². The predicted octanol–water partition coefficient (Wildman–Crippen LogP) is 3.25. The van der Waals surface area contributed by atoms with Crippen LogP contribution in [0.4, 0.5) is 5.82 Å². The fraction of sp³-hybridized carbons (Fsp3) is 0.211.